The van der Waals surface area contributed by atoms with Gasteiger partial charge in [0, 0.05) is 4.90 Å². The number of nitrogens with zero attached hydrogens (tertiary/aromatic N) is 2. The predicted octanol–water partition coefficient (Wildman–Crippen LogP) is 3.11. The van der Waals surface area contributed by atoms with Crippen molar-refractivity contribution in [3.63, 3.8) is 0 Å². The molecule has 0 saturated carbocycles. The Morgan fingerprint density at radius 3 is 2.50 bits per heavy atom. The molecule has 20 heavy (non-hydrogen) atoms. The molecule has 0 fully saturated rings. The van der Waals surface area contributed by atoms with Crippen molar-refractivity contribution in [2.75, 3.05) is 0 Å². The summed E-state index contributed by atoms with van der Waals surface area (Å²) in [7, 11) is 0. The fraction of sp³-hybridized carbons (Fsp3) is 0.0714. The molecule has 0 atom stereocenters. The van der Waals surface area contributed by atoms with Gasteiger partial charge >= 0.3 is 5.69 Å². The third-order valence-electron chi connectivity index (χ3n) is 2.64. The monoisotopic (exact) mass is 286 g/mol. The highest BCUT2D eigenvalue weighted by Crippen LogP contribution is 2.36. The summed E-state index contributed by atoms with van der Waals surface area (Å²) < 4.78 is 0. The Hall–Kier alpha value is -2.36. The van der Waals surface area contributed by atoms with Crippen LogP contribution >= 0.6 is 11.8 Å². The third-order valence-corrected chi connectivity index (χ3v) is 3.69. The Bertz CT molecular complexity index is 678. The van der Waals surface area contributed by atoms with Crippen LogP contribution in [-0.2, 0) is 6.61 Å². The summed E-state index contributed by atoms with van der Waals surface area (Å²) in [5, 5.41) is 29.0. The number of hydrogen-bond acceptors (Lipinski definition) is 5. The quantitative estimate of drug-likeness (QED) is 0.689. The van der Waals surface area contributed by atoms with Gasteiger partial charge in [-0.2, -0.15) is 5.26 Å². The van der Waals surface area contributed by atoms with Gasteiger partial charge < -0.3 is 5.11 Å². The molecule has 0 aliphatic heterocycles. The Balaban J connectivity index is 2.38. The topological polar surface area (TPSA) is 87.2 Å². The van der Waals surface area contributed by atoms with Crippen LogP contribution in [0.3, 0.4) is 0 Å². The van der Waals surface area contributed by atoms with E-state index in [2.05, 4.69) is 0 Å². The largest absolute Gasteiger partial charge is 0.392 e. The fourth-order valence-corrected chi connectivity index (χ4v) is 2.63. The lowest BCUT2D eigenvalue weighted by atomic mass is 10.2. The fourth-order valence-electron chi connectivity index (χ4n) is 1.67. The standard InChI is InChI=1S/C14H10N2O3S/c15-8-11-2-1-3-13(14(11)16(18)19)20-12-6-4-10(9-17)5-7-12/h1-7,17H,9H2. The number of aliphatic hydroxyl groups is 1. The number of hydrogen-bond donors (Lipinski definition) is 1. The number of nitro groups is 1. The first-order chi connectivity index (χ1) is 9.65. The number of aliphatic hydroxyl groups excluding tert-OH is 1. The molecule has 1 N–H and O–H groups in total. The second kappa shape index (κ2) is 6.19. The zero-order valence-corrected chi connectivity index (χ0v) is 11.1. The Morgan fingerprint density at radius 1 is 1.25 bits per heavy atom. The van der Waals surface area contributed by atoms with E-state index in [-0.39, 0.29) is 17.9 Å². The molecule has 5 nitrogen and oxygen atoms in total. The van der Waals surface area contributed by atoms with Gasteiger partial charge in [-0.15, -0.1) is 0 Å². The molecule has 6 heteroatoms. The molecule has 0 heterocycles. The second-order valence-electron chi connectivity index (χ2n) is 3.93. The smallest absolute Gasteiger partial charge is 0.300 e. The van der Waals surface area contributed by atoms with E-state index in [0.29, 0.717) is 4.90 Å². The number of benzene rings is 2. The first-order valence-corrected chi connectivity index (χ1v) is 6.52. The highest BCUT2D eigenvalue weighted by atomic mass is 32.2. The van der Waals surface area contributed by atoms with Crippen molar-refractivity contribution in [2.24, 2.45) is 0 Å². The second-order valence-corrected chi connectivity index (χ2v) is 5.04. The zero-order chi connectivity index (χ0) is 14.5. The van der Waals surface area contributed by atoms with E-state index < -0.39 is 4.92 Å². The molecule has 100 valence electrons. The molecule has 0 aliphatic rings. The summed E-state index contributed by atoms with van der Waals surface area (Å²) in [5.41, 5.74) is 0.646. The van der Waals surface area contributed by atoms with Crippen LogP contribution in [0, 0.1) is 21.4 Å². The van der Waals surface area contributed by atoms with Crippen LogP contribution in [0.25, 0.3) is 0 Å². The van der Waals surface area contributed by atoms with Crippen molar-refractivity contribution in [2.45, 2.75) is 16.4 Å². The van der Waals surface area contributed by atoms with Gasteiger partial charge in [-0.25, -0.2) is 0 Å². The summed E-state index contributed by atoms with van der Waals surface area (Å²) in [6.07, 6.45) is 0. The minimum Gasteiger partial charge on any atom is -0.392 e. The normalized spacial score (nSPS) is 10.0. The highest BCUT2D eigenvalue weighted by molar-refractivity contribution is 7.99. The number of nitro benzene ring substituents is 1. The van der Waals surface area contributed by atoms with E-state index in [1.165, 1.54) is 17.8 Å². The van der Waals surface area contributed by atoms with Crippen LogP contribution in [0.2, 0.25) is 0 Å². The summed E-state index contributed by atoms with van der Waals surface area (Å²) in [6, 6.07) is 13.6. The van der Waals surface area contributed by atoms with Crippen LogP contribution in [0.15, 0.2) is 52.3 Å². The molecule has 2 aromatic rings. The summed E-state index contributed by atoms with van der Waals surface area (Å²) in [5.74, 6) is 0. The molecule has 0 bridgehead atoms. The SMILES string of the molecule is N#Cc1cccc(Sc2ccc(CO)cc2)c1[N+](=O)[O-]. The summed E-state index contributed by atoms with van der Waals surface area (Å²) >= 11 is 1.22. The lowest BCUT2D eigenvalue weighted by Crippen LogP contribution is -1.94. The molecule has 0 radical (unpaired) electrons. The van der Waals surface area contributed by atoms with Crippen LogP contribution in [-0.4, -0.2) is 10.0 Å². The summed E-state index contributed by atoms with van der Waals surface area (Å²) in [4.78, 5) is 11.8. The first kappa shape index (κ1) is 14.1. The summed E-state index contributed by atoms with van der Waals surface area (Å²) in [6.45, 7) is -0.0466. The molecule has 0 aromatic heterocycles. The number of para-hydroxylation sites is 1. The molecule has 0 saturated heterocycles. The molecule has 2 rings (SSSR count). The van der Waals surface area contributed by atoms with E-state index in [4.69, 9.17) is 10.4 Å². The van der Waals surface area contributed by atoms with Gasteiger partial charge in [0.25, 0.3) is 0 Å². The predicted molar refractivity (Wildman–Crippen MR) is 74.3 cm³/mol. The minimum absolute atomic E-state index is 0.0466. The lowest BCUT2D eigenvalue weighted by molar-refractivity contribution is -0.388. The van der Waals surface area contributed by atoms with Crippen molar-refractivity contribution < 1.29 is 10.0 Å². The van der Waals surface area contributed by atoms with E-state index in [1.807, 2.05) is 6.07 Å². The molecular weight excluding hydrogens is 276 g/mol. The Morgan fingerprint density at radius 2 is 1.95 bits per heavy atom. The van der Waals surface area contributed by atoms with Crippen molar-refractivity contribution in [1.82, 2.24) is 0 Å². The molecular formula is C14H10N2O3S. The third kappa shape index (κ3) is 2.96. The van der Waals surface area contributed by atoms with Gasteiger partial charge in [-0.05, 0) is 29.8 Å². The van der Waals surface area contributed by atoms with Gasteiger partial charge in [0.1, 0.15) is 11.6 Å². The number of rotatable bonds is 4. The molecule has 0 aliphatic carbocycles. The van der Waals surface area contributed by atoms with E-state index in [1.54, 1.807) is 36.4 Å². The van der Waals surface area contributed by atoms with Crippen LogP contribution in [0.1, 0.15) is 11.1 Å². The number of nitriles is 1. The lowest BCUT2D eigenvalue weighted by Gasteiger charge is -2.04. The first-order valence-electron chi connectivity index (χ1n) is 5.71. The maximum atomic E-state index is 11.1. The maximum Gasteiger partial charge on any atom is 0.300 e. The van der Waals surface area contributed by atoms with Gasteiger partial charge in [0.05, 0.1) is 16.4 Å². The molecule has 2 aromatic carbocycles. The maximum absolute atomic E-state index is 11.1. The average molecular weight is 286 g/mol. The Kier molecular flexibility index (Phi) is 4.35. The van der Waals surface area contributed by atoms with Gasteiger partial charge in [0.15, 0.2) is 0 Å². The van der Waals surface area contributed by atoms with Crippen molar-refractivity contribution in [3.05, 3.63) is 63.7 Å². The van der Waals surface area contributed by atoms with Gasteiger partial charge in [-0.3, -0.25) is 10.1 Å². The minimum atomic E-state index is -0.539. The van der Waals surface area contributed by atoms with Gasteiger partial charge in [-0.1, -0.05) is 30.0 Å². The van der Waals surface area contributed by atoms with Crippen molar-refractivity contribution in [1.29, 1.82) is 5.26 Å². The highest BCUT2D eigenvalue weighted by Gasteiger charge is 2.20. The van der Waals surface area contributed by atoms with E-state index in [9.17, 15) is 10.1 Å². The molecule has 0 unspecified atom stereocenters. The average Bonchev–Trinajstić information content (AvgIpc) is 2.47. The molecule has 0 spiro atoms. The van der Waals surface area contributed by atoms with Crippen LogP contribution < -0.4 is 0 Å². The van der Waals surface area contributed by atoms with Crippen LogP contribution in [0.5, 0.6) is 0 Å². The molecule has 0 amide bonds. The van der Waals surface area contributed by atoms with Crippen molar-refractivity contribution >= 4 is 17.4 Å². The zero-order valence-electron chi connectivity index (χ0n) is 10.3. The Labute approximate surface area is 119 Å². The van der Waals surface area contributed by atoms with Gasteiger partial charge in [0.2, 0.25) is 0 Å². The van der Waals surface area contributed by atoms with Crippen molar-refractivity contribution in [3.8, 4) is 6.07 Å². The van der Waals surface area contributed by atoms with Crippen LogP contribution in [0.4, 0.5) is 5.69 Å². The van der Waals surface area contributed by atoms with E-state index >= 15 is 0 Å². The van der Waals surface area contributed by atoms with E-state index in [0.717, 1.165) is 10.5 Å².